The van der Waals surface area contributed by atoms with Gasteiger partial charge in [0.2, 0.25) is 11.8 Å². The minimum absolute atomic E-state index is 0.111. The van der Waals surface area contributed by atoms with Gasteiger partial charge in [0.1, 0.15) is 6.54 Å². The molecule has 0 radical (unpaired) electrons. The van der Waals surface area contributed by atoms with Gasteiger partial charge in [0.25, 0.3) is 0 Å². The van der Waals surface area contributed by atoms with Crippen LogP contribution in [0.25, 0.3) is 0 Å². The molecule has 1 unspecified atom stereocenters. The van der Waals surface area contributed by atoms with Crippen LogP contribution in [0.4, 0.5) is 0 Å². The summed E-state index contributed by atoms with van der Waals surface area (Å²) in [6.07, 6.45) is 4.57. The molecule has 3 rings (SSSR count). The topological polar surface area (TPSA) is 89.3 Å². The van der Waals surface area contributed by atoms with E-state index in [9.17, 15) is 9.90 Å². The van der Waals surface area contributed by atoms with Crippen molar-refractivity contribution in [2.75, 3.05) is 7.11 Å². The van der Waals surface area contributed by atoms with E-state index >= 15 is 0 Å². The molecule has 0 aliphatic heterocycles. The molecule has 7 heteroatoms. The van der Waals surface area contributed by atoms with Gasteiger partial charge in [-0.3, -0.25) is 9.48 Å². The number of aliphatic hydroxyl groups excluding tert-OH is 1. The number of methoxy groups -OCH3 is 1. The van der Waals surface area contributed by atoms with Gasteiger partial charge in [-0.25, -0.2) is 4.98 Å². The zero-order valence-corrected chi connectivity index (χ0v) is 13.8. The van der Waals surface area contributed by atoms with Gasteiger partial charge in [0.15, 0.2) is 0 Å². The molecule has 1 amide bonds. The number of carbonyl (C=O) groups excluding carboxylic acids is 1. The standard InChI is InChI=1S/C17H22N4O3/c1-11-5-6-21(20-11)10-15(23)19-17(13-7-14(22)8-13)12-3-4-16(24-2)18-9-12/h3-6,9,13-14,17,22H,7-8,10H2,1-2H3,(H,19,23). The fourth-order valence-corrected chi connectivity index (χ4v) is 2.99. The molecule has 7 nitrogen and oxygen atoms in total. The van der Waals surface area contributed by atoms with Gasteiger partial charge in [-0.1, -0.05) is 6.07 Å². The molecule has 0 saturated heterocycles. The highest BCUT2D eigenvalue weighted by atomic mass is 16.5. The lowest BCUT2D eigenvalue weighted by molar-refractivity contribution is -0.123. The third-order valence-corrected chi connectivity index (χ3v) is 4.34. The molecule has 2 N–H and O–H groups in total. The molecule has 1 aliphatic rings. The lowest BCUT2D eigenvalue weighted by atomic mass is 9.75. The van der Waals surface area contributed by atoms with Crippen molar-refractivity contribution in [3.05, 3.63) is 41.9 Å². The Morgan fingerprint density at radius 3 is 2.79 bits per heavy atom. The maximum atomic E-state index is 12.4. The number of hydrogen-bond donors (Lipinski definition) is 2. The molecular weight excluding hydrogens is 308 g/mol. The number of nitrogens with zero attached hydrogens (tertiary/aromatic N) is 3. The molecular formula is C17H22N4O3. The van der Waals surface area contributed by atoms with Crippen LogP contribution in [0.1, 0.15) is 30.1 Å². The summed E-state index contributed by atoms with van der Waals surface area (Å²) >= 11 is 0. The van der Waals surface area contributed by atoms with Crippen LogP contribution in [0.5, 0.6) is 5.88 Å². The van der Waals surface area contributed by atoms with Crippen LogP contribution in [-0.2, 0) is 11.3 Å². The molecule has 1 atom stereocenters. The fourth-order valence-electron chi connectivity index (χ4n) is 2.99. The molecule has 2 aromatic rings. The quantitative estimate of drug-likeness (QED) is 0.831. The second-order valence-electron chi connectivity index (χ2n) is 6.22. The summed E-state index contributed by atoms with van der Waals surface area (Å²) in [6.45, 7) is 2.05. The van der Waals surface area contributed by atoms with Crippen molar-refractivity contribution < 1.29 is 14.6 Å². The Labute approximate surface area is 140 Å². The van der Waals surface area contributed by atoms with Gasteiger partial charge in [-0.15, -0.1) is 0 Å². The fraction of sp³-hybridized carbons (Fsp3) is 0.471. The molecule has 1 fully saturated rings. The van der Waals surface area contributed by atoms with Gasteiger partial charge in [-0.05, 0) is 37.3 Å². The van der Waals surface area contributed by atoms with Crippen LogP contribution in [-0.4, -0.2) is 39.0 Å². The van der Waals surface area contributed by atoms with E-state index < -0.39 is 0 Å². The van der Waals surface area contributed by atoms with Gasteiger partial charge in [0, 0.05) is 18.5 Å². The van der Waals surface area contributed by atoms with E-state index in [4.69, 9.17) is 4.74 Å². The first-order valence-electron chi connectivity index (χ1n) is 8.02. The van der Waals surface area contributed by atoms with Gasteiger partial charge >= 0.3 is 0 Å². The number of ether oxygens (including phenoxy) is 1. The first-order valence-corrected chi connectivity index (χ1v) is 8.02. The van der Waals surface area contributed by atoms with E-state index in [0.717, 1.165) is 11.3 Å². The molecule has 2 aromatic heterocycles. The number of aliphatic hydroxyl groups is 1. The summed E-state index contributed by atoms with van der Waals surface area (Å²) < 4.78 is 6.69. The number of amides is 1. The monoisotopic (exact) mass is 330 g/mol. The smallest absolute Gasteiger partial charge is 0.242 e. The normalized spacial score (nSPS) is 21.0. The Morgan fingerprint density at radius 1 is 1.46 bits per heavy atom. The first-order chi connectivity index (χ1) is 11.5. The Balaban J connectivity index is 1.70. The third-order valence-electron chi connectivity index (χ3n) is 4.34. The Kier molecular flexibility index (Phi) is 4.80. The molecule has 2 heterocycles. The minimum atomic E-state index is -0.283. The van der Waals surface area contributed by atoms with Crippen molar-refractivity contribution in [3.8, 4) is 5.88 Å². The van der Waals surface area contributed by atoms with Crippen molar-refractivity contribution in [1.82, 2.24) is 20.1 Å². The van der Waals surface area contributed by atoms with Crippen molar-refractivity contribution in [2.24, 2.45) is 5.92 Å². The van der Waals surface area contributed by atoms with Crippen LogP contribution >= 0.6 is 0 Å². The average molecular weight is 330 g/mol. The zero-order chi connectivity index (χ0) is 17.1. The number of pyridine rings is 1. The summed E-state index contributed by atoms with van der Waals surface area (Å²) in [5, 5.41) is 16.9. The van der Waals surface area contributed by atoms with Crippen LogP contribution in [0.15, 0.2) is 30.6 Å². The number of aryl methyl sites for hydroxylation is 1. The number of aromatic nitrogens is 3. The molecule has 0 bridgehead atoms. The molecule has 1 aliphatic carbocycles. The zero-order valence-electron chi connectivity index (χ0n) is 13.8. The van der Waals surface area contributed by atoms with Crippen LogP contribution in [0.3, 0.4) is 0 Å². The number of nitrogens with one attached hydrogen (secondary N) is 1. The summed E-state index contributed by atoms with van der Waals surface area (Å²) in [4.78, 5) is 16.6. The predicted octanol–water partition coefficient (Wildman–Crippen LogP) is 1.22. The molecule has 128 valence electrons. The van der Waals surface area contributed by atoms with Crippen LogP contribution in [0.2, 0.25) is 0 Å². The largest absolute Gasteiger partial charge is 0.481 e. The van der Waals surface area contributed by atoms with E-state index in [0.29, 0.717) is 18.7 Å². The van der Waals surface area contributed by atoms with Crippen LogP contribution < -0.4 is 10.1 Å². The Morgan fingerprint density at radius 2 is 2.25 bits per heavy atom. The van der Waals surface area contributed by atoms with E-state index in [1.54, 1.807) is 30.3 Å². The summed E-state index contributed by atoms with van der Waals surface area (Å²) in [5.74, 6) is 0.628. The highest BCUT2D eigenvalue weighted by molar-refractivity contribution is 5.76. The molecule has 24 heavy (non-hydrogen) atoms. The van der Waals surface area contributed by atoms with Crippen molar-refractivity contribution in [1.29, 1.82) is 0 Å². The SMILES string of the molecule is COc1ccc(C(NC(=O)Cn2ccc(C)n2)C2CC(O)C2)cn1. The van der Waals surface area contributed by atoms with E-state index in [1.807, 2.05) is 19.1 Å². The maximum absolute atomic E-state index is 12.4. The summed E-state index contributed by atoms with van der Waals surface area (Å²) in [7, 11) is 1.57. The van der Waals surface area contributed by atoms with Crippen molar-refractivity contribution in [2.45, 2.75) is 38.5 Å². The lowest BCUT2D eigenvalue weighted by Gasteiger charge is -2.38. The lowest BCUT2D eigenvalue weighted by Crippen LogP contribution is -2.42. The molecule has 1 saturated carbocycles. The number of carbonyl (C=O) groups is 1. The molecule has 0 aromatic carbocycles. The minimum Gasteiger partial charge on any atom is -0.481 e. The number of rotatable bonds is 6. The van der Waals surface area contributed by atoms with E-state index in [1.165, 1.54) is 0 Å². The van der Waals surface area contributed by atoms with Gasteiger partial charge < -0.3 is 15.2 Å². The number of hydrogen-bond acceptors (Lipinski definition) is 5. The second-order valence-corrected chi connectivity index (χ2v) is 6.22. The highest BCUT2D eigenvalue weighted by Crippen LogP contribution is 2.38. The summed E-state index contributed by atoms with van der Waals surface area (Å²) in [5.41, 5.74) is 1.79. The van der Waals surface area contributed by atoms with Gasteiger partial charge in [-0.2, -0.15) is 5.10 Å². The van der Waals surface area contributed by atoms with E-state index in [-0.39, 0.29) is 30.5 Å². The van der Waals surface area contributed by atoms with Crippen molar-refractivity contribution in [3.63, 3.8) is 0 Å². The maximum Gasteiger partial charge on any atom is 0.242 e. The Bertz CT molecular complexity index is 692. The third kappa shape index (κ3) is 3.73. The van der Waals surface area contributed by atoms with Crippen LogP contribution in [0, 0.1) is 12.8 Å². The second kappa shape index (κ2) is 7.00. The van der Waals surface area contributed by atoms with Gasteiger partial charge in [0.05, 0.1) is 24.9 Å². The predicted molar refractivity (Wildman–Crippen MR) is 87.4 cm³/mol. The van der Waals surface area contributed by atoms with E-state index in [2.05, 4.69) is 15.4 Å². The summed E-state index contributed by atoms with van der Waals surface area (Å²) in [6, 6.07) is 5.37. The average Bonchev–Trinajstić information content (AvgIpc) is 2.95. The molecule has 0 spiro atoms. The first kappa shape index (κ1) is 16.4. The highest BCUT2D eigenvalue weighted by Gasteiger charge is 2.35. The van der Waals surface area contributed by atoms with Crippen molar-refractivity contribution >= 4 is 5.91 Å². The Hall–Kier alpha value is -2.41.